The third-order valence-corrected chi connectivity index (χ3v) is 5.92. The van der Waals surface area contributed by atoms with Crippen molar-refractivity contribution in [3.63, 3.8) is 0 Å². The molecule has 0 bridgehead atoms. The van der Waals surface area contributed by atoms with Gasteiger partial charge in [0.05, 0.1) is 35.2 Å². The molecule has 1 aliphatic rings. The molecule has 0 aliphatic carbocycles. The standard InChI is InChI=1S/C24H23F2N5O/c1-14-15(2)29-24-20(19-5-4-17(25)8-21(19)26)9-18(10-22(24)28-14)31-6-7-32-23(13-31)16-11-27-30(3)12-16/h4-5,8-12,23H,6-7,13H2,1-3H3/t23-/m1/s1. The number of ether oxygens (including phenoxy) is 1. The van der Waals surface area contributed by atoms with Gasteiger partial charge in [-0.1, -0.05) is 0 Å². The molecule has 6 nitrogen and oxygen atoms in total. The van der Waals surface area contributed by atoms with E-state index < -0.39 is 11.6 Å². The van der Waals surface area contributed by atoms with Gasteiger partial charge >= 0.3 is 0 Å². The Morgan fingerprint density at radius 3 is 2.59 bits per heavy atom. The van der Waals surface area contributed by atoms with E-state index in [1.807, 2.05) is 45.4 Å². The van der Waals surface area contributed by atoms with Crippen LogP contribution in [0.25, 0.3) is 22.2 Å². The Morgan fingerprint density at radius 2 is 1.84 bits per heavy atom. The summed E-state index contributed by atoms with van der Waals surface area (Å²) >= 11 is 0. The van der Waals surface area contributed by atoms with Crippen molar-refractivity contribution in [2.24, 2.45) is 7.05 Å². The van der Waals surface area contributed by atoms with Crippen LogP contribution < -0.4 is 4.90 Å². The molecule has 0 spiro atoms. The number of aryl methyl sites for hydroxylation is 3. The van der Waals surface area contributed by atoms with E-state index in [2.05, 4.69) is 15.0 Å². The summed E-state index contributed by atoms with van der Waals surface area (Å²) in [4.78, 5) is 11.6. The van der Waals surface area contributed by atoms with Gasteiger partial charge < -0.3 is 9.64 Å². The minimum absolute atomic E-state index is 0.120. The number of anilines is 1. The monoisotopic (exact) mass is 435 g/mol. The Labute approximate surface area is 184 Å². The minimum Gasteiger partial charge on any atom is -0.370 e. The summed E-state index contributed by atoms with van der Waals surface area (Å²) in [5, 5.41) is 4.25. The number of nitrogens with zero attached hydrogens (tertiary/aromatic N) is 5. The molecule has 5 rings (SSSR count). The molecular formula is C24H23F2N5O. The molecule has 8 heteroatoms. The van der Waals surface area contributed by atoms with E-state index >= 15 is 0 Å². The quantitative estimate of drug-likeness (QED) is 0.474. The molecule has 0 unspecified atom stereocenters. The second kappa shape index (κ2) is 7.94. The highest BCUT2D eigenvalue weighted by molar-refractivity contribution is 5.95. The molecular weight excluding hydrogens is 412 g/mol. The average molecular weight is 435 g/mol. The Bertz CT molecular complexity index is 1320. The molecule has 0 saturated carbocycles. The summed E-state index contributed by atoms with van der Waals surface area (Å²) in [7, 11) is 1.87. The van der Waals surface area contributed by atoms with Crippen molar-refractivity contribution in [2.75, 3.05) is 24.6 Å². The predicted molar refractivity (Wildman–Crippen MR) is 118 cm³/mol. The van der Waals surface area contributed by atoms with Gasteiger partial charge in [0.2, 0.25) is 0 Å². The van der Waals surface area contributed by atoms with Crippen LogP contribution in [0.1, 0.15) is 23.1 Å². The number of hydrogen-bond acceptors (Lipinski definition) is 5. The molecule has 32 heavy (non-hydrogen) atoms. The number of benzene rings is 2. The topological polar surface area (TPSA) is 56.1 Å². The van der Waals surface area contributed by atoms with Crippen LogP contribution in [0.4, 0.5) is 14.5 Å². The predicted octanol–water partition coefficient (Wildman–Crippen LogP) is 4.50. The highest BCUT2D eigenvalue weighted by Gasteiger charge is 2.25. The summed E-state index contributed by atoms with van der Waals surface area (Å²) in [5.41, 5.74) is 5.66. The lowest BCUT2D eigenvalue weighted by molar-refractivity contribution is 0.0397. The van der Waals surface area contributed by atoms with Gasteiger partial charge in [0.25, 0.3) is 0 Å². The van der Waals surface area contributed by atoms with E-state index in [1.54, 1.807) is 4.68 Å². The first-order valence-corrected chi connectivity index (χ1v) is 10.5. The summed E-state index contributed by atoms with van der Waals surface area (Å²) in [5.74, 6) is -1.24. The fourth-order valence-corrected chi connectivity index (χ4v) is 4.10. The van der Waals surface area contributed by atoms with Crippen LogP contribution in [0.5, 0.6) is 0 Å². The maximum Gasteiger partial charge on any atom is 0.134 e. The smallest absolute Gasteiger partial charge is 0.134 e. The first-order chi connectivity index (χ1) is 15.4. The van der Waals surface area contributed by atoms with Gasteiger partial charge in [-0.3, -0.25) is 4.68 Å². The number of morpholine rings is 1. The first-order valence-electron chi connectivity index (χ1n) is 10.5. The number of fused-ring (bicyclic) bond motifs is 1. The molecule has 2 aromatic heterocycles. The Hall–Kier alpha value is -3.39. The van der Waals surface area contributed by atoms with Crippen molar-refractivity contribution >= 4 is 16.7 Å². The van der Waals surface area contributed by atoms with Crippen LogP contribution in [0.15, 0.2) is 42.7 Å². The molecule has 0 amide bonds. The normalized spacial score (nSPS) is 16.7. The van der Waals surface area contributed by atoms with Crippen molar-refractivity contribution in [1.82, 2.24) is 19.7 Å². The summed E-state index contributed by atoms with van der Waals surface area (Å²) in [6.07, 6.45) is 3.64. The van der Waals surface area contributed by atoms with Crippen LogP contribution in [0.2, 0.25) is 0 Å². The molecule has 3 heterocycles. The van der Waals surface area contributed by atoms with Gasteiger partial charge in [-0.15, -0.1) is 0 Å². The molecule has 1 fully saturated rings. The van der Waals surface area contributed by atoms with E-state index in [0.717, 1.165) is 28.7 Å². The van der Waals surface area contributed by atoms with Gasteiger partial charge in [0.1, 0.15) is 17.7 Å². The van der Waals surface area contributed by atoms with E-state index in [0.29, 0.717) is 41.9 Å². The molecule has 1 saturated heterocycles. The Balaban J connectivity index is 1.62. The van der Waals surface area contributed by atoms with Gasteiger partial charge in [-0.25, -0.2) is 18.7 Å². The maximum absolute atomic E-state index is 14.8. The van der Waals surface area contributed by atoms with Gasteiger partial charge in [-0.2, -0.15) is 5.10 Å². The summed E-state index contributed by atoms with van der Waals surface area (Å²) in [6, 6.07) is 7.50. The minimum atomic E-state index is -0.626. The lowest BCUT2D eigenvalue weighted by Gasteiger charge is -2.34. The number of rotatable bonds is 3. The molecule has 1 aliphatic heterocycles. The van der Waals surface area contributed by atoms with Crippen molar-refractivity contribution in [3.05, 3.63) is 71.3 Å². The van der Waals surface area contributed by atoms with Crippen LogP contribution in [0, 0.1) is 25.5 Å². The Morgan fingerprint density at radius 1 is 1.03 bits per heavy atom. The fourth-order valence-electron chi connectivity index (χ4n) is 4.10. The van der Waals surface area contributed by atoms with E-state index in [1.165, 1.54) is 12.1 Å². The van der Waals surface area contributed by atoms with E-state index in [4.69, 9.17) is 9.72 Å². The Kier molecular flexibility index (Phi) is 5.09. The van der Waals surface area contributed by atoms with Crippen LogP contribution in [-0.4, -0.2) is 39.4 Å². The first kappa shape index (κ1) is 20.5. The van der Waals surface area contributed by atoms with E-state index in [-0.39, 0.29) is 6.10 Å². The third kappa shape index (κ3) is 3.71. The molecule has 164 valence electrons. The highest BCUT2D eigenvalue weighted by atomic mass is 19.1. The summed E-state index contributed by atoms with van der Waals surface area (Å²) in [6.45, 7) is 5.64. The zero-order valence-corrected chi connectivity index (χ0v) is 18.1. The van der Waals surface area contributed by atoms with Crippen molar-refractivity contribution in [1.29, 1.82) is 0 Å². The lowest BCUT2D eigenvalue weighted by atomic mass is 10.0. The van der Waals surface area contributed by atoms with Crippen LogP contribution in [0.3, 0.4) is 0 Å². The van der Waals surface area contributed by atoms with Gasteiger partial charge in [-0.05, 0) is 38.1 Å². The van der Waals surface area contributed by atoms with Crippen molar-refractivity contribution in [3.8, 4) is 11.1 Å². The van der Waals surface area contributed by atoms with Crippen molar-refractivity contribution < 1.29 is 13.5 Å². The zero-order valence-electron chi connectivity index (χ0n) is 18.1. The molecule has 0 radical (unpaired) electrons. The number of aromatic nitrogens is 4. The van der Waals surface area contributed by atoms with Crippen LogP contribution >= 0.6 is 0 Å². The number of hydrogen-bond donors (Lipinski definition) is 0. The molecule has 0 N–H and O–H groups in total. The summed E-state index contributed by atoms with van der Waals surface area (Å²) < 4.78 is 36.1. The van der Waals surface area contributed by atoms with E-state index in [9.17, 15) is 8.78 Å². The molecule has 2 aromatic carbocycles. The lowest BCUT2D eigenvalue weighted by Crippen LogP contribution is -2.38. The second-order valence-corrected chi connectivity index (χ2v) is 8.13. The SMILES string of the molecule is Cc1nc2cc(N3CCO[C@@H](c4cnn(C)c4)C3)cc(-c3ccc(F)cc3F)c2nc1C. The highest BCUT2D eigenvalue weighted by Crippen LogP contribution is 2.35. The van der Waals surface area contributed by atoms with Gasteiger partial charge in [0, 0.05) is 54.8 Å². The van der Waals surface area contributed by atoms with Crippen molar-refractivity contribution in [2.45, 2.75) is 20.0 Å². The maximum atomic E-state index is 14.8. The average Bonchev–Trinajstić information content (AvgIpc) is 3.21. The molecule has 1 atom stereocenters. The molecule has 4 aromatic rings. The van der Waals surface area contributed by atoms with Gasteiger partial charge in [0.15, 0.2) is 0 Å². The largest absolute Gasteiger partial charge is 0.370 e. The van der Waals surface area contributed by atoms with Crippen LogP contribution in [-0.2, 0) is 11.8 Å². The number of halogens is 2. The fraction of sp³-hybridized carbons (Fsp3) is 0.292. The third-order valence-electron chi connectivity index (χ3n) is 5.92. The second-order valence-electron chi connectivity index (χ2n) is 8.13. The zero-order chi connectivity index (χ0) is 22.4.